The molecule has 4 heterocycles. The molecule has 2 aromatic heterocycles. The Morgan fingerprint density at radius 2 is 2.03 bits per heavy atom. The minimum atomic E-state index is -0.686. The van der Waals surface area contributed by atoms with Gasteiger partial charge >= 0.3 is 0 Å². The third-order valence-electron chi connectivity index (χ3n) is 6.38. The molecule has 0 unspecified atom stereocenters. The van der Waals surface area contributed by atoms with Gasteiger partial charge < -0.3 is 20.6 Å². The summed E-state index contributed by atoms with van der Waals surface area (Å²) >= 11 is 0. The van der Waals surface area contributed by atoms with E-state index in [0.717, 1.165) is 32.4 Å². The maximum Gasteiger partial charge on any atom is 0.270 e. The zero-order valence-corrected chi connectivity index (χ0v) is 19.2. The van der Waals surface area contributed by atoms with Crippen LogP contribution in [-0.2, 0) is 24.8 Å². The summed E-state index contributed by atoms with van der Waals surface area (Å²) in [6.45, 7) is 5.22. The van der Waals surface area contributed by atoms with Crippen molar-refractivity contribution in [1.82, 2.24) is 34.9 Å². The second-order valence-corrected chi connectivity index (χ2v) is 8.80. The summed E-state index contributed by atoms with van der Waals surface area (Å²) in [5, 5.41) is 20.8. The highest BCUT2D eigenvalue weighted by Gasteiger charge is 2.23. The van der Waals surface area contributed by atoms with Crippen LogP contribution < -0.4 is 10.6 Å². The predicted octanol–water partition coefficient (Wildman–Crippen LogP) is -0.218. The molecule has 1 atom stereocenters. The van der Waals surface area contributed by atoms with E-state index in [2.05, 4.69) is 30.6 Å². The number of carbonyl (C=O) groups is 2. The maximum absolute atomic E-state index is 12.6. The molecule has 0 bridgehead atoms. The topological polar surface area (TPSA) is 129 Å². The fourth-order valence-electron chi connectivity index (χ4n) is 4.42. The van der Waals surface area contributed by atoms with Crippen LogP contribution in [0, 0.1) is 0 Å². The predicted molar refractivity (Wildman–Crippen MR) is 121 cm³/mol. The van der Waals surface area contributed by atoms with Gasteiger partial charge in [0, 0.05) is 65.3 Å². The average Bonchev–Trinajstić information content (AvgIpc) is 3.18. The van der Waals surface area contributed by atoms with E-state index < -0.39 is 6.10 Å². The number of rotatable bonds is 7. The van der Waals surface area contributed by atoms with Gasteiger partial charge in [-0.05, 0) is 24.8 Å². The first-order chi connectivity index (χ1) is 15.9. The number of anilines is 1. The number of aryl methyl sites for hydroxylation is 1. The Kier molecular flexibility index (Phi) is 7.19. The molecule has 2 aliphatic rings. The Labute approximate surface area is 193 Å². The number of amides is 2. The third kappa shape index (κ3) is 5.85. The van der Waals surface area contributed by atoms with Crippen molar-refractivity contribution in [3.63, 3.8) is 0 Å². The second-order valence-electron chi connectivity index (χ2n) is 8.80. The second kappa shape index (κ2) is 10.3. The maximum atomic E-state index is 12.6. The average molecular weight is 457 g/mol. The SMILES string of the molecule is CC(=O)N1CCC(Nc2cc(C(=O)NC[C@H](O)CN3CCc4cnn(C)c4C3)ncn2)CC1. The van der Waals surface area contributed by atoms with Gasteiger partial charge in [0.25, 0.3) is 5.91 Å². The number of likely N-dealkylation sites (tertiary alicyclic amines) is 1. The lowest BCUT2D eigenvalue weighted by atomic mass is 10.1. The number of aliphatic hydroxyl groups excluding tert-OH is 1. The number of nitrogens with zero attached hydrogens (tertiary/aromatic N) is 6. The number of piperidine rings is 1. The highest BCUT2D eigenvalue weighted by Crippen LogP contribution is 2.18. The number of hydrogen-bond donors (Lipinski definition) is 3. The number of carbonyl (C=O) groups excluding carboxylic acids is 2. The fourth-order valence-corrected chi connectivity index (χ4v) is 4.42. The van der Waals surface area contributed by atoms with Crippen LogP contribution in [0.25, 0.3) is 0 Å². The van der Waals surface area contributed by atoms with Crippen molar-refractivity contribution >= 4 is 17.6 Å². The van der Waals surface area contributed by atoms with Crippen molar-refractivity contribution < 1.29 is 14.7 Å². The standard InChI is InChI=1S/C22H32N8O3/c1-15(31)30-7-4-17(5-8-30)27-21-9-19(24-14-25-21)22(33)23-11-18(32)12-29-6-3-16-10-26-28(2)20(16)13-29/h9-10,14,17-18,32H,3-8,11-13H2,1-2H3,(H,23,33)(H,24,25,27)/t18-/m0/s1. The van der Waals surface area contributed by atoms with E-state index in [0.29, 0.717) is 25.5 Å². The molecule has 0 aliphatic carbocycles. The first kappa shape index (κ1) is 23.1. The van der Waals surface area contributed by atoms with E-state index >= 15 is 0 Å². The first-order valence-corrected chi connectivity index (χ1v) is 11.4. The fraction of sp³-hybridized carbons (Fsp3) is 0.591. The smallest absolute Gasteiger partial charge is 0.270 e. The molecule has 0 radical (unpaired) electrons. The summed E-state index contributed by atoms with van der Waals surface area (Å²) in [6, 6.07) is 1.81. The van der Waals surface area contributed by atoms with Gasteiger partial charge in [-0.15, -0.1) is 0 Å². The van der Waals surface area contributed by atoms with Crippen LogP contribution in [0.15, 0.2) is 18.6 Å². The van der Waals surface area contributed by atoms with Crippen LogP contribution in [0.1, 0.15) is 41.5 Å². The number of β-amino-alcohol motifs (C(OH)–C–C–N with tert-alkyl or cyclic N) is 1. The zero-order chi connectivity index (χ0) is 23.4. The minimum Gasteiger partial charge on any atom is -0.390 e. The molecule has 1 saturated heterocycles. The van der Waals surface area contributed by atoms with E-state index in [-0.39, 0.29) is 30.1 Å². The summed E-state index contributed by atoms with van der Waals surface area (Å²) in [7, 11) is 1.93. The van der Waals surface area contributed by atoms with Crippen molar-refractivity contribution in [2.24, 2.45) is 7.05 Å². The highest BCUT2D eigenvalue weighted by molar-refractivity contribution is 5.92. The van der Waals surface area contributed by atoms with E-state index in [1.54, 1.807) is 13.0 Å². The summed E-state index contributed by atoms with van der Waals surface area (Å²) < 4.78 is 1.88. The van der Waals surface area contributed by atoms with Gasteiger partial charge in [0.2, 0.25) is 5.91 Å². The summed E-state index contributed by atoms with van der Waals surface area (Å²) in [5.74, 6) is 0.328. The number of aromatic nitrogens is 4. The summed E-state index contributed by atoms with van der Waals surface area (Å²) in [5.41, 5.74) is 2.68. The largest absolute Gasteiger partial charge is 0.390 e. The molecular formula is C22H32N8O3. The van der Waals surface area contributed by atoms with E-state index in [9.17, 15) is 14.7 Å². The molecule has 3 N–H and O–H groups in total. The van der Waals surface area contributed by atoms with E-state index in [1.807, 2.05) is 22.8 Å². The monoisotopic (exact) mass is 456 g/mol. The normalized spacial score (nSPS) is 18.0. The van der Waals surface area contributed by atoms with Crippen LogP contribution in [0.4, 0.5) is 5.82 Å². The van der Waals surface area contributed by atoms with Crippen LogP contribution in [-0.4, -0.2) is 91.3 Å². The lowest BCUT2D eigenvalue weighted by Crippen LogP contribution is -2.42. The summed E-state index contributed by atoms with van der Waals surface area (Å²) in [6.07, 6.45) is 5.14. The Bertz CT molecular complexity index is 986. The van der Waals surface area contributed by atoms with Crippen LogP contribution in [0.3, 0.4) is 0 Å². The molecule has 0 saturated carbocycles. The Balaban J connectivity index is 1.23. The first-order valence-electron chi connectivity index (χ1n) is 11.4. The van der Waals surface area contributed by atoms with Crippen molar-refractivity contribution in [3.05, 3.63) is 35.5 Å². The van der Waals surface area contributed by atoms with Crippen LogP contribution in [0.5, 0.6) is 0 Å². The highest BCUT2D eigenvalue weighted by atomic mass is 16.3. The molecule has 11 nitrogen and oxygen atoms in total. The molecule has 33 heavy (non-hydrogen) atoms. The van der Waals surface area contributed by atoms with Crippen molar-refractivity contribution in [3.8, 4) is 0 Å². The molecular weight excluding hydrogens is 424 g/mol. The molecule has 0 aromatic carbocycles. The van der Waals surface area contributed by atoms with Crippen molar-refractivity contribution in [2.45, 2.75) is 44.9 Å². The van der Waals surface area contributed by atoms with E-state index in [1.165, 1.54) is 17.6 Å². The van der Waals surface area contributed by atoms with Gasteiger partial charge in [-0.2, -0.15) is 5.10 Å². The lowest BCUT2D eigenvalue weighted by molar-refractivity contribution is -0.129. The Morgan fingerprint density at radius 1 is 1.24 bits per heavy atom. The van der Waals surface area contributed by atoms with Gasteiger partial charge in [0.05, 0.1) is 18.0 Å². The lowest BCUT2D eigenvalue weighted by Gasteiger charge is -2.31. The van der Waals surface area contributed by atoms with Crippen LogP contribution in [0.2, 0.25) is 0 Å². The quantitative estimate of drug-likeness (QED) is 0.522. The molecule has 4 rings (SSSR count). The number of hydrogen-bond acceptors (Lipinski definition) is 8. The zero-order valence-electron chi connectivity index (χ0n) is 19.2. The van der Waals surface area contributed by atoms with Gasteiger partial charge in [0.15, 0.2) is 0 Å². The van der Waals surface area contributed by atoms with Crippen molar-refractivity contribution in [1.29, 1.82) is 0 Å². The summed E-state index contributed by atoms with van der Waals surface area (Å²) in [4.78, 5) is 36.3. The van der Waals surface area contributed by atoms with Crippen LogP contribution >= 0.6 is 0 Å². The van der Waals surface area contributed by atoms with Gasteiger partial charge in [-0.1, -0.05) is 0 Å². The molecule has 2 aromatic rings. The Morgan fingerprint density at radius 3 is 2.79 bits per heavy atom. The minimum absolute atomic E-state index is 0.0960. The van der Waals surface area contributed by atoms with Gasteiger partial charge in [0.1, 0.15) is 17.8 Å². The van der Waals surface area contributed by atoms with Gasteiger partial charge in [-0.3, -0.25) is 19.2 Å². The number of aliphatic hydroxyl groups is 1. The van der Waals surface area contributed by atoms with Gasteiger partial charge in [-0.25, -0.2) is 9.97 Å². The molecule has 2 amide bonds. The van der Waals surface area contributed by atoms with E-state index in [4.69, 9.17) is 0 Å². The Hall–Kier alpha value is -3.05. The third-order valence-corrected chi connectivity index (χ3v) is 6.38. The molecule has 178 valence electrons. The van der Waals surface area contributed by atoms with Crippen molar-refractivity contribution in [2.75, 3.05) is 38.0 Å². The molecule has 1 fully saturated rings. The number of fused-ring (bicyclic) bond motifs is 1. The molecule has 0 spiro atoms. The molecule has 2 aliphatic heterocycles. The number of nitrogens with one attached hydrogen (secondary N) is 2. The molecule has 11 heteroatoms.